The van der Waals surface area contributed by atoms with Gasteiger partial charge >= 0.3 is 0 Å². The lowest BCUT2D eigenvalue weighted by molar-refractivity contribution is -0.188. The molecule has 2 aromatic heterocycles. The van der Waals surface area contributed by atoms with Crippen LogP contribution < -0.4 is 4.90 Å². The second kappa shape index (κ2) is 8.34. The van der Waals surface area contributed by atoms with Crippen LogP contribution in [0.25, 0.3) is 16.2 Å². The molecule has 174 valence electrons. The fraction of sp³-hybridized carbons (Fsp3) is 0.522. The summed E-state index contributed by atoms with van der Waals surface area (Å²) in [7, 11) is 0. The van der Waals surface area contributed by atoms with Crippen LogP contribution in [0.15, 0.2) is 30.5 Å². The summed E-state index contributed by atoms with van der Waals surface area (Å²) in [6.45, 7) is 4.34. The third-order valence-electron chi connectivity index (χ3n) is 6.94. The lowest BCUT2D eigenvalue weighted by Gasteiger charge is -2.40. The molecule has 3 aliphatic heterocycles. The van der Waals surface area contributed by atoms with Crippen molar-refractivity contribution in [2.45, 2.75) is 31.5 Å². The van der Waals surface area contributed by atoms with Crippen molar-refractivity contribution in [1.29, 1.82) is 0 Å². The number of hydrogen-bond acceptors (Lipinski definition) is 7. The first-order valence-corrected chi connectivity index (χ1v) is 12.3. The lowest BCUT2D eigenvalue weighted by Crippen LogP contribution is -2.50. The summed E-state index contributed by atoms with van der Waals surface area (Å²) in [5.41, 5.74) is 1.64. The molecule has 10 heteroatoms. The largest absolute Gasteiger partial charge is 0.347 e. The number of nitrogens with zero attached hydrogens (tertiary/aromatic N) is 5. The third kappa shape index (κ3) is 4.00. The van der Waals surface area contributed by atoms with E-state index < -0.39 is 5.79 Å². The number of amides is 1. The highest BCUT2D eigenvalue weighted by Crippen LogP contribution is 2.34. The van der Waals surface area contributed by atoms with Crippen molar-refractivity contribution >= 4 is 27.3 Å². The summed E-state index contributed by atoms with van der Waals surface area (Å²) in [5.74, 6) is -0.377. The third-order valence-corrected chi connectivity index (χ3v) is 7.92. The monoisotopic (exact) mass is 471 g/mol. The number of rotatable bonds is 3. The molecular formula is C23H26FN5O3S. The Kier molecular flexibility index (Phi) is 5.31. The topological polar surface area (TPSA) is 72.2 Å². The Bertz CT molecular complexity index is 1110. The molecule has 0 unspecified atom stereocenters. The number of ether oxygens (including phenoxy) is 2. The Morgan fingerprint density at radius 2 is 1.76 bits per heavy atom. The molecule has 0 radical (unpaired) electrons. The minimum atomic E-state index is -0.445. The summed E-state index contributed by atoms with van der Waals surface area (Å²) in [4.78, 5) is 22.8. The summed E-state index contributed by atoms with van der Waals surface area (Å²) in [6.07, 6.45) is 5.05. The molecule has 0 aliphatic carbocycles. The molecule has 8 nitrogen and oxygen atoms in total. The molecule has 6 rings (SSSR count). The fourth-order valence-corrected chi connectivity index (χ4v) is 5.94. The predicted molar refractivity (Wildman–Crippen MR) is 122 cm³/mol. The van der Waals surface area contributed by atoms with E-state index in [-0.39, 0.29) is 17.6 Å². The maximum atomic E-state index is 13.2. The normalized spacial score (nSPS) is 21.4. The molecule has 33 heavy (non-hydrogen) atoms. The second-order valence-electron chi connectivity index (χ2n) is 8.94. The van der Waals surface area contributed by atoms with E-state index >= 15 is 0 Å². The zero-order valence-corrected chi connectivity index (χ0v) is 19.1. The van der Waals surface area contributed by atoms with E-state index in [1.165, 1.54) is 12.1 Å². The van der Waals surface area contributed by atoms with Crippen molar-refractivity contribution in [1.82, 2.24) is 19.5 Å². The van der Waals surface area contributed by atoms with E-state index in [0.29, 0.717) is 26.3 Å². The number of carbonyl (C=O) groups excluding carboxylic acids is 1. The minimum absolute atomic E-state index is 0.0647. The quantitative estimate of drug-likeness (QED) is 0.584. The summed E-state index contributed by atoms with van der Waals surface area (Å²) in [5, 5.41) is 5.62. The van der Waals surface area contributed by atoms with Gasteiger partial charge in [-0.2, -0.15) is 0 Å². The van der Waals surface area contributed by atoms with E-state index in [4.69, 9.17) is 14.6 Å². The van der Waals surface area contributed by atoms with Crippen LogP contribution in [0.2, 0.25) is 0 Å². The maximum absolute atomic E-state index is 13.2. The number of anilines is 1. The number of halogens is 1. The first-order chi connectivity index (χ1) is 16.1. The van der Waals surface area contributed by atoms with Gasteiger partial charge in [0, 0.05) is 50.5 Å². The molecule has 3 saturated heterocycles. The summed E-state index contributed by atoms with van der Waals surface area (Å²) in [6, 6.07) is 6.32. The Morgan fingerprint density at radius 3 is 2.42 bits per heavy atom. The van der Waals surface area contributed by atoms with E-state index in [1.54, 1.807) is 28.0 Å². The average molecular weight is 472 g/mol. The van der Waals surface area contributed by atoms with Gasteiger partial charge in [-0.1, -0.05) is 11.3 Å². The first kappa shape index (κ1) is 21.0. The number of likely N-dealkylation sites (tertiary alicyclic amines) is 1. The second-order valence-corrected chi connectivity index (χ2v) is 9.87. The van der Waals surface area contributed by atoms with Gasteiger partial charge in [0.2, 0.25) is 16.0 Å². The maximum Gasteiger partial charge on any atom is 0.225 e. The lowest BCUT2D eigenvalue weighted by atomic mass is 9.94. The first-order valence-electron chi connectivity index (χ1n) is 11.5. The number of aromatic nitrogens is 3. The van der Waals surface area contributed by atoms with Gasteiger partial charge in [0.05, 0.1) is 25.1 Å². The molecule has 1 aromatic carbocycles. The van der Waals surface area contributed by atoms with Gasteiger partial charge in [0.25, 0.3) is 0 Å². The van der Waals surface area contributed by atoms with Crippen LogP contribution in [0, 0.1) is 11.7 Å². The fourth-order valence-electron chi connectivity index (χ4n) is 5.01. The van der Waals surface area contributed by atoms with Gasteiger partial charge in [-0.15, -0.1) is 5.10 Å². The minimum Gasteiger partial charge on any atom is -0.347 e. The van der Waals surface area contributed by atoms with Gasteiger partial charge < -0.3 is 19.3 Å². The van der Waals surface area contributed by atoms with Gasteiger partial charge in [0.15, 0.2) is 5.79 Å². The molecule has 3 fully saturated rings. The van der Waals surface area contributed by atoms with Gasteiger partial charge in [-0.05, 0) is 37.1 Å². The number of carbonyl (C=O) groups is 1. The highest BCUT2D eigenvalue weighted by molar-refractivity contribution is 7.20. The van der Waals surface area contributed by atoms with Crippen molar-refractivity contribution in [3.05, 3.63) is 36.3 Å². The SMILES string of the molecule is O=C(C1CCN(c2nn3cc(-c4ccc(F)cc4)nc3s2)CC1)N1CCC2(CC1)OCCO2. The van der Waals surface area contributed by atoms with Gasteiger partial charge in [0.1, 0.15) is 5.82 Å². The van der Waals surface area contributed by atoms with Crippen LogP contribution in [0.1, 0.15) is 25.7 Å². The highest BCUT2D eigenvalue weighted by Gasteiger charge is 2.42. The van der Waals surface area contributed by atoms with Crippen molar-refractivity contribution in [3.63, 3.8) is 0 Å². The van der Waals surface area contributed by atoms with Crippen LogP contribution in [0.5, 0.6) is 0 Å². The Morgan fingerprint density at radius 1 is 1.06 bits per heavy atom. The zero-order valence-electron chi connectivity index (χ0n) is 18.3. The number of piperidine rings is 2. The molecule has 0 bridgehead atoms. The van der Waals surface area contributed by atoms with E-state index in [0.717, 1.165) is 60.1 Å². The molecule has 3 aromatic rings. The van der Waals surface area contributed by atoms with Crippen molar-refractivity contribution in [2.24, 2.45) is 5.92 Å². The average Bonchev–Trinajstić information content (AvgIpc) is 3.56. The Hall–Kier alpha value is -2.56. The number of benzene rings is 1. The molecule has 0 N–H and O–H groups in total. The number of imidazole rings is 1. The predicted octanol–water partition coefficient (Wildman–Crippen LogP) is 3.18. The molecule has 0 saturated carbocycles. The van der Waals surface area contributed by atoms with E-state index in [1.807, 2.05) is 11.1 Å². The van der Waals surface area contributed by atoms with Crippen LogP contribution in [-0.2, 0) is 14.3 Å². The van der Waals surface area contributed by atoms with E-state index in [9.17, 15) is 9.18 Å². The van der Waals surface area contributed by atoms with Crippen LogP contribution in [0.4, 0.5) is 9.52 Å². The molecule has 0 atom stereocenters. The molecular weight excluding hydrogens is 445 g/mol. The van der Waals surface area contributed by atoms with Gasteiger partial charge in [-0.3, -0.25) is 4.79 Å². The van der Waals surface area contributed by atoms with Crippen molar-refractivity contribution in [3.8, 4) is 11.3 Å². The van der Waals surface area contributed by atoms with Crippen molar-refractivity contribution in [2.75, 3.05) is 44.3 Å². The van der Waals surface area contributed by atoms with Crippen LogP contribution >= 0.6 is 11.3 Å². The summed E-state index contributed by atoms with van der Waals surface area (Å²) < 4.78 is 26.5. The summed E-state index contributed by atoms with van der Waals surface area (Å²) >= 11 is 1.54. The standard InChI is InChI=1S/C23H26FN5O3S/c24-18-3-1-16(2-4-18)19-15-29-21(25-19)33-22(26-29)28-9-5-17(6-10-28)20(30)27-11-7-23(8-12-27)31-13-14-32-23/h1-4,15,17H,5-14H2. The Balaban J connectivity index is 1.06. The van der Waals surface area contributed by atoms with Crippen molar-refractivity contribution < 1.29 is 18.7 Å². The molecule has 1 spiro atoms. The highest BCUT2D eigenvalue weighted by atomic mass is 32.1. The van der Waals surface area contributed by atoms with Gasteiger partial charge in [-0.25, -0.2) is 13.9 Å². The molecule has 1 amide bonds. The molecule has 5 heterocycles. The number of fused-ring (bicyclic) bond motifs is 1. The zero-order chi connectivity index (χ0) is 22.4. The molecule has 3 aliphatic rings. The van der Waals surface area contributed by atoms with Crippen LogP contribution in [0.3, 0.4) is 0 Å². The van der Waals surface area contributed by atoms with E-state index in [2.05, 4.69) is 9.88 Å². The smallest absolute Gasteiger partial charge is 0.225 e. The Labute approximate surface area is 194 Å². The van der Waals surface area contributed by atoms with Crippen LogP contribution in [-0.4, -0.2) is 70.6 Å². The number of hydrogen-bond donors (Lipinski definition) is 0.